The molecular weight excluding hydrogens is 520 g/mol. The first-order chi connectivity index (χ1) is 17.0. The van der Waals surface area contributed by atoms with Crippen LogP contribution < -0.4 is 5.32 Å². The number of nitrogens with zero attached hydrogens (tertiary/aromatic N) is 3. The molecule has 0 radical (unpaired) electrons. The molecule has 1 atom stereocenters. The molecule has 0 aliphatic carbocycles. The molecule has 36 heavy (non-hydrogen) atoms. The molecule has 1 fully saturated rings. The summed E-state index contributed by atoms with van der Waals surface area (Å²) in [6.07, 6.45) is 2.11. The number of rotatable bonds is 7. The minimum atomic E-state index is -4.38. The lowest BCUT2D eigenvalue weighted by molar-refractivity contribution is -0.124. The highest BCUT2D eigenvalue weighted by Crippen LogP contribution is 2.37. The first-order valence-corrected chi connectivity index (χ1v) is 13.0. The summed E-state index contributed by atoms with van der Waals surface area (Å²) >= 11 is -0.212. The summed E-state index contributed by atoms with van der Waals surface area (Å²) in [6, 6.07) is 10.8. The monoisotopic (exact) mass is 540 g/mol. The number of amides is 1. The molecule has 1 N–H and O–H groups in total. The van der Waals surface area contributed by atoms with Gasteiger partial charge in [0.05, 0.1) is 22.8 Å². The molecule has 0 saturated carbocycles. The van der Waals surface area contributed by atoms with Crippen LogP contribution in [0.4, 0.5) is 17.6 Å². The van der Waals surface area contributed by atoms with Gasteiger partial charge in [-0.3, -0.25) is 4.79 Å². The Morgan fingerprint density at radius 1 is 1.08 bits per heavy atom. The zero-order valence-electron chi connectivity index (χ0n) is 18.6. The minimum Gasteiger partial charge on any atom is -0.349 e. The summed E-state index contributed by atoms with van der Waals surface area (Å²) in [6.45, 7) is 0.162. The van der Waals surface area contributed by atoms with Crippen molar-refractivity contribution in [2.24, 2.45) is 0 Å². The third kappa shape index (κ3) is 6.20. The summed E-state index contributed by atoms with van der Waals surface area (Å²) in [5.74, 6) is -1.06. The van der Waals surface area contributed by atoms with Gasteiger partial charge in [-0.2, -0.15) is 17.5 Å². The van der Waals surface area contributed by atoms with Crippen LogP contribution in [0.15, 0.2) is 70.7 Å². The first kappa shape index (κ1) is 26.0. The van der Waals surface area contributed by atoms with Crippen LogP contribution in [0.25, 0.3) is 11.3 Å². The van der Waals surface area contributed by atoms with Gasteiger partial charge in [0.15, 0.2) is 0 Å². The van der Waals surface area contributed by atoms with E-state index in [1.165, 1.54) is 30.6 Å². The summed E-state index contributed by atoms with van der Waals surface area (Å²) in [5, 5.41) is 2.69. The molecule has 0 spiro atoms. The largest absolute Gasteiger partial charge is 0.446 e. The highest BCUT2D eigenvalue weighted by atomic mass is 32.2. The van der Waals surface area contributed by atoms with Crippen LogP contribution in [-0.2, 0) is 21.4 Å². The van der Waals surface area contributed by atoms with Crippen LogP contribution in [0.2, 0.25) is 0 Å². The van der Waals surface area contributed by atoms with E-state index in [9.17, 15) is 30.8 Å². The Hall–Kier alpha value is -3.03. The van der Waals surface area contributed by atoms with Crippen LogP contribution in [0.5, 0.6) is 0 Å². The van der Waals surface area contributed by atoms with Crippen molar-refractivity contribution in [2.45, 2.75) is 40.7 Å². The zero-order valence-corrected chi connectivity index (χ0v) is 20.2. The normalized spacial score (nSPS) is 16.7. The molecule has 1 unspecified atom stereocenters. The van der Waals surface area contributed by atoms with Crippen molar-refractivity contribution in [3.63, 3.8) is 0 Å². The molecule has 1 aromatic heterocycles. The van der Waals surface area contributed by atoms with Crippen LogP contribution in [0.3, 0.4) is 0 Å². The van der Waals surface area contributed by atoms with Crippen LogP contribution in [-0.4, -0.2) is 46.7 Å². The Kier molecular flexibility index (Phi) is 7.62. The van der Waals surface area contributed by atoms with Crippen molar-refractivity contribution in [1.82, 2.24) is 19.6 Å². The van der Waals surface area contributed by atoms with Crippen molar-refractivity contribution in [3.8, 4) is 11.3 Å². The third-order valence-electron chi connectivity index (χ3n) is 5.48. The van der Waals surface area contributed by atoms with Gasteiger partial charge < -0.3 is 5.32 Å². The SMILES string of the molecule is O=C(NCc1cc(-c2ccc(SC(F)(F)F)cc2)ncn1)C1CCCN1S(=O)(=O)c1ccc(F)cc1. The first-order valence-electron chi connectivity index (χ1n) is 10.8. The number of carbonyl (C=O) groups is 1. The fourth-order valence-electron chi connectivity index (χ4n) is 3.81. The number of benzene rings is 2. The quantitative estimate of drug-likeness (QED) is 0.354. The number of halogens is 4. The van der Waals surface area contributed by atoms with Gasteiger partial charge in [-0.25, -0.2) is 22.8 Å². The molecule has 13 heteroatoms. The Balaban J connectivity index is 1.42. The predicted molar refractivity (Wildman–Crippen MR) is 125 cm³/mol. The third-order valence-corrected chi connectivity index (χ3v) is 8.14. The van der Waals surface area contributed by atoms with Crippen molar-refractivity contribution in [1.29, 1.82) is 0 Å². The van der Waals surface area contributed by atoms with Crippen molar-refractivity contribution < 1.29 is 30.8 Å². The summed E-state index contributed by atoms with van der Waals surface area (Å²) in [4.78, 5) is 21.0. The predicted octanol–water partition coefficient (Wildman–Crippen LogP) is 4.36. The number of thioether (sulfide) groups is 1. The summed E-state index contributed by atoms with van der Waals surface area (Å²) < 4.78 is 77.9. The molecule has 190 valence electrons. The Labute approximate surface area is 209 Å². The lowest BCUT2D eigenvalue weighted by Crippen LogP contribution is -2.45. The van der Waals surface area contributed by atoms with E-state index in [4.69, 9.17) is 0 Å². The molecule has 7 nitrogen and oxygen atoms in total. The van der Waals surface area contributed by atoms with Gasteiger partial charge in [0, 0.05) is 17.0 Å². The second kappa shape index (κ2) is 10.5. The van der Waals surface area contributed by atoms with Crippen LogP contribution in [0.1, 0.15) is 18.5 Å². The van der Waals surface area contributed by atoms with E-state index in [-0.39, 0.29) is 34.6 Å². The lowest BCUT2D eigenvalue weighted by Gasteiger charge is -2.23. The second-order valence-corrected chi connectivity index (χ2v) is 10.9. The van der Waals surface area contributed by atoms with Crippen molar-refractivity contribution in [3.05, 3.63) is 72.4 Å². The Morgan fingerprint density at radius 3 is 2.44 bits per heavy atom. The number of carbonyl (C=O) groups excluding carboxylic acids is 1. The van der Waals surface area contributed by atoms with E-state index in [2.05, 4.69) is 15.3 Å². The average molecular weight is 541 g/mol. The van der Waals surface area contributed by atoms with E-state index in [1.54, 1.807) is 6.07 Å². The number of sulfonamides is 1. The molecule has 1 aliphatic rings. The topological polar surface area (TPSA) is 92.3 Å². The molecule has 1 aliphatic heterocycles. The number of aromatic nitrogens is 2. The van der Waals surface area contributed by atoms with E-state index in [1.807, 2.05) is 0 Å². The fourth-order valence-corrected chi connectivity index (χ4v) is 6.00. The van der Waals surface area contributed by atoms with Gasteiger partial charge in [0.25, 0.3) is 0 Å². The smallest absolute Gasteiger partial charge is 0.349 e. The molecule has 3 aromatic rings. The Morgan fingerprint density at radius 2 is 1.78 bits per heavy atom. The maximum absolute atomic E-state index is 13.2. The minimum absolute atomic E-state index is 0.00268. The zero-order chi connectivity index (χ0) is 25.9. The van der Waals surface area contributed by atoms with E-state index in [0.717, 1.165) is 28.6 Å². The molecule has 2 aromatic carbocycles. The van der Waals surface area contributed by atoms with E-state index >= 15 is 0 Å². The standard InChI is InChI=1S/C23H20F4N4O3S2/c24-16-5-9-19(10-6-16)36(33,34)31-11-1-2-21(31)22(32)28-13-17-12-20(30-14-29-17)15-3-7-18(8-4-15)35-23(25,26)27/h3-10,12,14,21H,1-2,11,13H2,(H,28,32). The van der Waals surface area contributed by atoms with Gasteiger partial charge in [-0.15, -0.1) is 0 Å². The van der Waals surface area contributed by atoms with Crippen LogP contribution in [0, 0.1) is 5.82 Å². The molecular formula is C23H20F4N4O3S2. The summed E-state index contributed by atoms with van der Waals surface area (Å²) in [5.41, 5.74) is -2.91. The van der Waals surface area contributed by atoms with Gasteiger partial charge in [0.2, 0.25) is 15.9 Å². The number of alkyl halides is 3. The molecule has 2 heterocycles. The van der Waals surface area contributed by atoms with E-state index < -0.39 is 33.3 Å². The number of hydrogen-bond donors (Lipinski definition) is 1. The van der Waals surface area contributed by atoms with Crippen LogP contribution >= 0.6 is 11.8 Å². The van der Waals surface area contributed by atoms with E-state index in [0.29, 0.717) is 29.8 Å². The lowest BCUT2D eigenvalue weighted by atomic mass is 10.1. The number of nitrogens with one attached hydrogen (secondary N) is 1. The van der Waals surface area contributed by atoms with Gasteiger partial charge >= 0.3 is 5.51 Å². The van der Waals surface area contributed by atoms with Gasteiger partial charge in [-0.1, -0.05) is 12.1 Å². The van der Waals surface area contributed by atoms with Gasteiger partial charge in [-0.05, 0) is 67.1 Å². The second-order valence-electron chi connectivity index (χ2n) is 7.91. The molecule has 4 rings (SSSR count). The molecule has 1 saturated heterocycles. The fraction of sp³-hybridized carbons (Fsp3) is 0.261. The van der Waals surface area contributed by atoms with Crippen molar-refractivity contribution in [2.75, 3.05) is 6.54 Å². The number of hydrogen-bond acceptors (Lipinski definition) is 6. The van der Waals surface area contributed by atoms with Gasteiger partial charge in [0.1, 0.15) is 18.2 Å². The maximum atomic E-state index is 13.2. The van der Waals surface area contributed by atoms with Crippen molar-refractivity contribution >= 4 is 27.7 Å². The highest BCUT2D eigenvalue weighted by Gasteiger charge is 2.39. The highest BCUT2D eigenvalue weighted by molar-refractivity contribution is 8.00. The molecule has 0 bridgehead atoms. The maximum Gasteiger partial charge on any atom is 0.446 e. The Bertz CT molecular complexity index is 1330. The molecule has 1 amide bonds. The summed E-state index contributed by atoms with van der Waals surface area (Å²) in [7, 11) is -3.98. The average Bonchev–Trinajstić information content (AvgIpc) is 3.34.